The van der Waals surface area contributed by atoms with Gasteiger partial charge in [-0.1, -0.05) is 12.2 Å². The van der Waals surface area contributed by atoms with Crippen LogP contribution in [0.1, 0.15) is 19.3 Å². The van der Waals surface area contributed by atoms with E-state index in [0.29, 0.717) is 13.2 Å². The number of carbonyl (C=O) groups excluding carboxylic acids is 1. The predicted molar refractivity (Wildman–Crippen MR) is 82.6 cm³/mol. The van der Waals surface area contributed by atoms with Crippen LogP contribution in [0.5, 0.6) is 11.5 Å². The Kier molecular flexibility index (Phi) is 5.67. The van der Waals surface area contributed by atoms with E-state index in [-0.39, 0.29) is 11.8 Å². The smallest absolute Gasteiger partial charge is 0.225 e. The minimum Gasteiger partial charge on any atom is -0.497 e. The lowest BCUT2D eigenvalue weighted by atomic mass is 9.93. The highest BCUT2D eigenvalue weighted by molar-refractivity contribution is 5.78. The fraction of sp³-hybridized carbons (Fsp3) is 0.471. The molecule has 1 aliphatic rings. The number of methoxy groups -OCH3 is 1. The molecule has 0 saturated carbocycles. The molecule has 1 aromatic carbocycles. The predicted octanol–water partition coefficient (Wildman–Crippen LogP) is 2.89. The van der Waals surface area contributed by atoms with Gasteiger partial charge in [-0.05, 0) is 43.5 Å². The molecule has 1 aromatic rings. The summed E-state index contributed by atoms with van der Waals surface area (Å²) in [6, 6.07) is 7.45. The Hall–Kier alpha value is -1.97. The number of hydrogen-bond donors (Lipinski definition) is 0. The standard InChI is InChI=1S/C17H23NO3/c1-18(17(19)14-6-4-3-5-7-14)12-13-21-16-10-8-15(20-2)9-11-16/h3-4,8-11,14H,5-7,12-13H2,1-2H3. The third-order valence-electron chi connectivity index (χ3n) is 3.75. The number of allylic oxidation sites excluding steroid dienone is 2. The van der Waals surface area contributed by atoms with Crippen molar-refractivity contribution in [2.24, 2.45) is 5.92 Å². The zero-order valence-corrected chi connectivity index (χ0v) is 12.7. The van der Waals surface area contributed by atoms with E-state index in [1.165, 1.54) is 0 Å². The highest BCUT2D eigenvalue weighted by Gasteiger charge is 2.21. The van der Waals surface area contributed by atoms with E-state index in [1.54, 1.807) is 12.0 Å². The molecular formula is C17H23NO3. The Morgan fingerprint density at radius 3 is 2.57 bits per heavy atom. The number of amides is 1. The Balaban J connectivity index is 1.74. The summed E-state index contributed by atoms with van der Waals surface area (Å²) < 4.78 is 10.7. The van der Waals surface area contributed by atoms with Gasteiger partial charge in [0.1, 0.15) is 18.1 Å². The van der Waals surface area contributed by atoms with Gasteiger partial charge in [0, 0.05) is 13.0 Å². The van der Waals surface area contributed by atoms with Gasteiger partial charge in [0.05, 0.1) is 13.7 Å². The summed E-state index contributed by atoms with van der Waals surface area (Å²) in [4.78, 5) is 14.0. The molecule has 0 aromatic heterocycles. The van der Waals surface area contributed by atoms with Gasteiger partial charge in [-0.25, -0.2) is 0 Å². The molecule has 1 aliphatic carbocycles. The average molecular weight is 289 g/mol. The van der Waals surface area contributed by atoms with Crippen molar-refractivity contribution in [3.63, 3.8) is 0 Å². The quantitative estimate of drug-likeness (QED) is 0.756. The van der Waals surface area contributed by atoms with Crippen molar-refractivity contribution in [2.45, 2.75) is 19.3 Å². The summed E-state index contributed by atoms with van der Waals surface area (Å²) in [7, 11) is 3.48. The Morgan fingerprint density at radius 1 is 1.24 bits per heavy atom. The van der Waals surface area contributed by atoms with Gasteiger partial charge in [0.2, 0.25) is 5.91 Å². The normalized spacial score (nSPS) is 17.3. The second-order valence-corrected chi connectivity index (χ2v) is 5.27. The average Bonchev–Trinajstić information content (AvgIpc) is 2.55. The molecule has 4 heteroatoms. The molecule has 0 radical (unpaired) electrons. The van der Waals surface area contributed by atoms with E-state index < -0.39 is 0 Å². The first-order valence-corrected chi connectivity index (χ1v) is 7.37. The van der Waals surface area contributed by atoms with E-state index in [1.807, 2.05) is 31.3 Å². The number of likely N-dealkylation sites (N-methyl/N-ethyl adjacent to an activating group) is 1. The molecule has 0 saturated heterocycles. The fourth-order valence-corrected chi connectivity index (χ4v) is 2.41. The van der Waals surface area contributed by atoms with Crippen LogP contribution >= 0.6 is 0 Å². The maximum atomic E-state index is 12.2. The number of rotatable bonds is 6. The second kappa shape index (κ2) is 7.72. The molecule has 0 aliphatic heterocycles. The SMILES string of the molecule is COc1ccc(OCCN(C)C(=O)C2CC=CCC2)cc1. The Morgan fingerprint density at radius 2 is 1.95 bits per heavy atom. The largest absolute Gasteiger partial charge is 0.497 e. The Labute approximate surface area is 126 Å². The van der Waals surface area contributed by atoms with E-state index in [2.05, 4.69) is 12.2 Å². The van der Waals surface area contributed by atoms with Crippen molar-refractivity contribution >= 4 is 5.91 Å². The molecular weight excluding hydrogens is 266 g/mol. The zero-order valence-electron chi connectivity index (χ0n) is 12.7. The lowest BCUT2D eigenvalue weighted by Gasteiger charge is -2.24. The van der Waals surface area contributed by atoms with Gasteiger partial charge in [0.15, 0.2) is 0 Å². The van der Waals surface area contributed by atoms with Crippen molar-refractivity contribution in [3.8, 4) is 11.5 Å². The molecule has 0 fully saturated rings. The fourth-order valence-electron chi connectivity index (χ4n) is 2.41. The van der Waals surface area contributed by atoms with Gasteiger partial charge in [-0.2, -0.15) is 0 Å². The zero-order chi connectivity index (χ0) is 15.1. The monoisotopic (exact) mass is 289 g/mol. The third-order valence-corrected chi connectivity index (χ3v) is 3.75. The lowest BCUT2D eigenvalue weighted by molar-refractivity contribution is -0.134. The highest BCUT2D eigenvalue weighted by Crippen LogP contribution is 2.20. The molecule has 0 N–H and O–H groups in total. The number of ether oxygens (including phenoxy) is 2. The van der Waals surface area contributed by atoms with Gasteiger partial charge in [-0.15, -0.1) is 0 Å². The molecule has 114 valence electrons. The maximum Gasteiger partial charge on any atom is 0.225 e. The van der Waals surface area contributed by atoms with Crippen LogP contribution in [-0.2, 0) is 4.79 Å². The van der Waals surface area contributed by atoms with Crippen LogP contribution < -0.4 is 9.47 Å². The maximum absolute atomic E-state index is 12.2. The van der Waals surface area contributed by atoms with Crippen molar-refractivity contribution in [2.75, 3.05) is 27.3 Å². The Bertz CT molecular complexity index is 481. The number of nitrogens with zero attached hydrogens (tertiary/aromatic N) is 1. The van der Waals surface area contributed by atoms with Crippen LogP contribution in [-0.4, -0.2) is 38.1 Å². The van der Waals surface area contributed by atoms with Crippen molar-refractivity contribution in [1.82, 2.24) is 4.90 Å². The van der Waals surface area contributed by atoms with Crippen LogP contribution in [0.4, 0.5) is 0 Å². The molecule has 1 atom stereocenters. The van der Waals surface area contributed by atoms with E-state index in [4.69, 9.17) is 9.47 Å². The van der Waals surface area contributed by atoms with Crippen LogP contribution in [0.2, 0.25) is 0 Å². The van der Waals surface area contributed by atoms with E-state index in [0.717, 1.165) is 30.8 Å². The minimum absolute atomic E-state index is 0.140. The van der Waals surface area contributed by atoms with Crippen molar-refractivity contribution in [3.05, 3.63) is 36.4 Å². The number of hydrogen-bond acceptors (Lipinski definition) is 3. The van der Waals surface area contributed by atoms with Crippen LogP contribution in [0.3, 0.4) is 0 Å². The van der Waals surface area contributed by atoms with Crippen LogP contribution in [0.15, 0.2) is 36.4 Å². The van der Waals surface area contributed by atoms with Gasteiger partial charge >= 0.3 is 0 Å². The summed E-state index contributed by atoms with van der Waals surface area (Å²) in [6.45, 7) is 1.10. The van der Waals surface area contributed by atoms with Crippen molar-refractivity contribution in [1.29, 1.82) is 0 Å². The summed E-state index contributed by atoms with van der Waals surface area (Å²) >= 11 is 0. The van der Waals surface area contributed by atoms with E-state index in [9.17, 15) is 4.79 Å². The molecule has 1 amide bonds. The number of benzene rings is 1. The first-order valence-electron chi connectivity index (χ1n) is 7.37. The topological polar surface area (TPSA) is 38.8 Å². The number of carbonyl (C=O) groups is 1. The highest BCUT2D eigenvalue weighted by atomic mass is 16.5. The molecule has 4 nitrogen and oxygen atoms in total. The molecule has 2 rings (SSSR count). The molecule has 1 unspecified atom stereocenters. The van der Waals surface area contributed by atoms with E-state index >= 15 is 0 Å². The van der Waals surface area contributed by atoms with Gasteiger partial charge in [0.25, 0.3) is 0 Å². The van der Waals surface area contributed by atoms with Crippen LogP contribution in [0.25, 0.3) is 0 Å². The summed E-state index contributed by atoms with van der Waals surface area (Å²) in [5, 5.41) is 0. The first-order chi connectivity index (χ1) is 10.2. The summed E-state index contributed by atoms with van der Waals surface area (Å²) in [6.07, 6.45) is 7.08. The first kappa shape index (κ1) is 15.4. The summed E-state index contributed by atoms with van der Waals surface area (Å²) in [5.74, 6) is 1.95. The second-order valence-electron chi connectivity index (χ2n) is 5.27. The molecule has 0 bridgehead atoms. The van der Waals surface area contributed by atoms with Gasteiger partial charge in [-0.3, -0.25) is 4.79 Å². The summed E-state index contributed by atoms with van der Waals surface area (Å²) in [5.41, 5.74) is 0. The van der Waals surface area contributed by atoms with Gasteiger partial charge < -0.3 is 14.4 Å². The molecule has 21 heavy (non-hydrogen) atoms. The molecule has 0 heterocycles. The van der Waals surface area contributed by atoms with Crippen molar-refractivity contribution < 1.29 is 14.3 Å². The molecule has 0 spiro atoms. The third kappa shape index (κ3) is 4.52. The lowest BCUT2D eigenvalue weighted by Crippen LogP contribution is -2.36. The minimum atomic E-state index is 0.140. The van der Waals surface area contributed by atoms with Crippen LogP contribution in [0, 0.1) is 5.92 Å².